The zero-order valence-corrected chi connectivity index (χ0v) is 10.1. The van der Waals surface area contributed by atoms with Crippen molar-refractivity contribution in [2.45, 2.75) is 42.9 Å². The minimum absolute atomic E-state index is 0.306. The van der Waals surface area contributed by atoms with E-state index in [0.717, 1.165) is 0 Å². The van der Waals surface area contributed by atoms with E-state index in [2.05, 4.69) is 0 Å². The van der Waals surface area contributed by atoms with Crippen molar-refractivity contribution in [2.75, 3.05) is 19.8 Å². The lowest BCUT2D eigenvalue weighted by molar-refractivity contribution is -0.300. The third kappa shape index (κ3) is 4.05. The van der Waals surface area contributed by atoms with Crippen LogP contribution in [0, 0.1) is 0 Å². The van der Waals surface area contributed by atoms with Crippen molar-refractivity contribution in [3.63, 3.8) is 0 Å². The van der Waals surface area contributed by atoms with Gasteiger partial charge >= 0.3 is 0 Å². The normalized spacial score (nSPS) is 35.4. The van der Waals surface area contributed by atoms with E-state index in [4.69, 9.17) is 19.7 Å². The standard InChI is InChI=1S/C10H20O9/c11-1-4(13)9(5(14)2-12)19-10-8(17)7(16)6(15)3-18-10/h4-17H,1-3H2/t4-,5-,6+,7-,8+,10-/m0/s1. The fourth-order valence-corrected chi connectivity index (χ4v) is 1.70. The van der Waals surface area contributed by atoms with Crippen molar-refractivity contribution in [3.05, 3.63) is 0 Å². The topological polar surface area (TPSA) is 160 Å². The molecule has 0 aromatic heterocycles. The molecule has 114 valence electrons. The van der Waals surface area contributed by atoms with E-state index < -0.39 is 56.1 Å². The summed E-state index contributed by atoms with van der Waals surface area (Å²) in [5.74, 6) is 0. The highest BCUT2D eigenvalue weighted by molar-refractivity contribution is 4.85. The fourth-order valence-electron chi connectivity index (χ4n) is 1.70. The van der Waals surface area contributed by atoms with Gasteiger partial charge in [-0.15, -0.1) is 0 Å². The van der Waals surface area contributed by atoms with Gasteiger partial charge in [0, 0.05) is 0 Å². The molecule has 6 atom stereocenters. The Morgan fingerprint density at radius 2 is 1.53 bits per heavy atom. The Kier molecular flexibility index (Phi) is 6.53. The van der Waals surface area contributed by atoms with Crippen LogP contribution >= 0.6 is 0 Å². The predicted molar refractivity (Wildman–Crippen MR) is 58.8 cm³/mol. The molecule has 9 nitrogen and oxygen atoms in total. The summed E-state index contributed by atoms with van der Waals surface area (Å²) in [5.41, 5.74) is 0. The van der Waals surface area contributed by atoms with Crippen LogP contribution in [0.3, 0.4) is 0 Å². The third-order valence-electron chi connectivity index (χ3n) is 2.88. The van der Waals surface area contributed by atoms with E-state index in [1.54, 1.807) is 0 Å². The van der Waals surface area contributed by atoms with Gasteiger partial charge < -0.3 is 45.2 Å². The van der Waals surface area contributed by atoms with E-state index in [1.165, 1.54) is 0 Å². The molecule has 1 rings (SSSR count). The number of aliphatic hydroxyl groups is 7. The second-order valence-electron chi connectivity index (χ2n) is 4.35. The van der Waals surface area contributed by atoms with Crippen LogP contribution in [0.15, 0.2) is 0 Å². The van der Waals surface area contributed by atoms with Crippen molar-refractivity contribution in [2.24, 2.45) is 0 Å². The van der Waals surface area contributed by atoms with Crippen molar-refractivity contribution < 1.29 is 45.2 Å². The summed E-state index contributed by atoms with van der Waals surface area (Å²) in [4.78, 5) is 0. The largest absolute Gasteiger partial charge is 0.394 e. The Bertz CT molecular complexity index is 253. The molecular weight excluding hydrogens is 264 g/mol. The maximum atomic E-state index is 9.62. The Morgan fingerprint density at radius 1 is 1.00 bits per heavy atom. The highest BCUT2D eigenvalue weighted by atomic mass is 16.7. The van der Waals surface area contributed by atoms with Crippen LogP contribution in [-0.2, 0) is 9.47 Å². The Labute approximate surface area is 109 Å². The van der Waals surface area contributed by atoms with Crippen LogP contribution in [0.25, 0.3) is 0 Å². The first kappa shape index (κ1) is 16.7. The number of ether oxygens (including phenoxy) is 2. The minimum atomic E-state index is -1.59. The van der Waals surface area contributed by atoms with E-state index in [9.17, 15) is 25.5 Å². The highest BCUT2D eigenvalue weighted by Gasteiger charge is 2.41. The van der Waals surface area contributed by atoms with Crippen molar-refractivity contribution >= 4 is 0 Å². The molecule has 1 aliphatic rings. The molecule has 0 bridgehead atoms. The van der Waals surface area contributed by atoms with Crippen LogP contribution in [0.1, 0.15) is 0 Å². The lowest BCUT2D eigenvalue weighted by Crippen LogP contribution is -2.57. The molecule has 0 spiro atoms. The summed E-state index contributed by atoms with van der Waals surface area (Å²) in [6.07, 6.45) is -10.2. The SMILES string of the molecule is OC[C@H](O)C(O[C@@H]1OC[C@@H](O)[C@H](O)[C@H]1O)[C@@H](O)CO. The average molecular weight is 284 g/mol. The molecule has 0 saturated carbocycles. The van der Waals surface area contributed by atoms with Gasteiger partial charge in [-0.2, -0.15) is 0 Å². The molecule has 9 heteroatoms. The van der Waals surface area contributed by atoms with Crippen molar-refractivity contribution in [1.82, 2.24) is 0 Å². The number of hydrogen-bond donors (Lipinski definition) is 7. The minimum Gasteiger partial charge on any atom is -0.394 e. The van der Waals surface area contributed by atoms with Crippen LogP contribution in [-0.4, -0.2) is 98.5 Å². The smallest absolute Gasteiger partial charge is 0.186 e. The van der Waals surface area contributed by atoms with Gasteiger partial charge in [0.15, 0.2) is 6.29 Å². The molecule has 1 fully saturated rings. The molecule has 19 heavy (non-hydrogen) atoms. The predicted octanol–water partition coefficient (Wildman–Crippen LogP) is -4.48. The first-order valence-corrected chi connectivity index (χ1v) is 5.81. The lowest BCUT2D eigenvalue weighted by atomic mass is 10.0. The fraction of sp³-hybridized carbons (Fsp3) is 1.00. The first-order valence-electron chi connectivity index (χ1n) is 5.81. The molecule has 0 aromatic rings. The first-order chi connectivity index (χ1) is 8.92. The molecular formula is C10H20O9. The number of rotatable bonds is 6. The van der Waals surface area contributed by atoms with Gasteiger partial charge in [0.1, 0.15) is 36.6 Å². The third-order valence-corrected chi connectivity index (χ3v) is 2.88. The zero-order chi connectivity index (χ0) is 14.6. The van der Waals surface area contributed by atoms with Crippen LogP contribution in [0.5, 0.6) is 0 Å². The zero-order valence-electron chi connectivity index (χ0n) is 10.1. The Hall–Kier alpha value is -0.360. The van der Waals surface area contributed by atoms with Gasteiger partial charge in [0.05, 0.1) is 19.8 Å². The Balaban J connectivity index is 2.68. The summed E-state index contributed by atoms with van der Waals surface area (Å²) in [7, 11) is 0. The molecule has 1 aliphatic heterocycles. The number of hydrogen-bond acceptors (Lipinski definition) is 9. The summed E-state index contributed by atoms with van der Waals surface area (Å²) in [6, 6.07) is 0. The van der Waals surface area contributed by atoms with Gasteiger partial charge in [-0.3, -0.25) is 0 Å². The quantitative estimate of drug-likeness (QED) is 0.255. The van der Waals surface area contributed by atoms with Gasteiger partial charge in [-0.25, -0.2) is 0 Å². The van der Waals surface area contributed by atoms with Gasteiger partial charge in [-0.05, 0) is 0 Å². The maximum Gasteiger partial charge on any atom is 0.186 e. The van der Waals surface area contributed by atoms with Crippen LogP contribution in [0.2, 0.25) is 0 Å². The summed E-state index contributed by atoms with van der Waals surface area (Å²) >= 11 is 0. The second-order valence-corrected chi connectivity index (χ2v) is 4.35. The molecule has 0 aliphatic carbocycles. The summed E-state index contributed by atoms with van der Waals surface area (Å²) in [6.45, 7) is -1.79. The number of aliphatic hydroxyl groups excluding tert-OH is 7. The monoisotopic (exact) mass is 284 g/mol. The Morgan fingerprint density at radius 3 is 2.00 bits per heavy atom. The van der Waals surface area contributed by atoms with Crippen LogP contribution < -0.4 is 0 Å². The molecule has 7 N–H and O–H groups in total. The van der Waals surface area contributed by atoms with Gasteiger partial charge in [-0.1, -0.05) is 0 Å². The summed E-state index contributed by atoms with van der Waals surface area (Å²) in [5, 5.41) is 64.9. The van der Waals surface area contributed by atoms with E-state index in [-0.39, 0.29) is 6.61 Å². The molecule has 0 radical (unpaired) electrons. The summed E-state index contributed by atoms with van der Waals surface area (Å²) < 4.78 is 9.99. The highest BCUT2D eigenvalue weighted by Crippen LogP contribution is 2.20. The lowest BCUT2D eigenvalue weighted by Gasteiger charge is -2.38. The average Bonchev–Trinajstić information content (AvgIpc) is 2.42. The van der Waals surface area contributed by atoms with E-state index >= 15 is 0 Å². The molecule has 1 heterocycles. The van der Waals surface area contributed by atoms with E-state index in [1.807, 2.05) is 0 Å². The maximum absolute atomic E-state index is 9.62. The van der Waals surface area contributed by atoms with Gasteiger partial charge in [0.2, 0.25) is 0 Å². The van der Waals surface area contributed by atoms with Gasteiger partial charge in [0.25, 0.3) is 0 Å². The van der Waals surface area contributed by atoms with Crippen molar-refractivity contribution in [1.29, 1.82) is 0 Å². The molecule has 0 unspecified atom stereocenters. The van der Waals surface area contributed by atoms with Crippen molar-refractivity contribution in [3.8, 4) is 0 Å². The second kappa shape index (κ2) is 7.43. The van der Waals surface area contributed by atoms with E-state index in [0.29, 0.717) is 0 Å². The van der Waals surface area contributed by atoms with Crippen LogP contribution in [0.4, 0.5) is 0 Å². The molecule has 0 aromatic carbocycles. The molecule has 0 amide bonds. The molecule has 1 saturated heterocycles.